The Bertz CT molecular complexity index is 536. The van der Waals surface area contributed by atoms with Crippen LogP contribution >= 0.6 is 0 Å². The highest BCUT2D eigenvalue weighted by atomic mass is 16.6. The molecule has 1 atom stereocenters. The minimum atomic E-state index is -0.830. The molecule has 2 N–H and O–H groups in total. The van der Waals surface area contributed by atoms with Crippen molar-refractivity contribution in [1.29, 1.82) is 0 Å². The number of phenolic OH excluding ortho intramolecular Hbond substituents is 1. The Kier molecular flexibility index (Phi) is 2.70. The maximum Gasteiger partial charge on any atom is 0.311 e. The lowest BCUT2D eigenvalue weighted by molar-refractivity contribution is -0.385. The second kappa shape index (κ2) is 3.95. The third-order valence-electron chi connectivity index (χ3n) is 2.91. The quantitative estimate of drug-likeness (QED) is 0.479. The van der Waals surface area contributed by atoms with Crippen molar-refractivity contribution in [2.45, 2.75) is 19.4 Å². The van der Waals surface area contributed by atoms with Gasteiger partial charge in [-0.15, -0.1) is 0 Å². The molecule has 1 fully saturated rings. The van der Waals surface area contributed by atoms with Gasteiger partial charge in [0, 0.05) is 17.3 Å². The fourth-order valence-electron chi connectivity index (χ4n) is 1.46. The van der Waals surface area contributed by atoms with Crippen molar-refractivity contribution in [3.63, 3.8) is 0 Å². The van der Waals surface area contributed by atoms with Crippen LogP contribution in [-0.4, -0.2) is 28.1 Å². The molecule has 7 heteroatoms. The molecule has 1 aliphatic heterocycles. The van der Waals surface area contributed by atoms with Crippen molar-refractivity contribution in [3.05, 3.63) is 27.8 Å². The van der Waals surface area contributed by atoms with E-state index in [0.717, 1.165) is 6.07 Å². The van der Waals surface area contributed by atoms with E-state index in [9.17, 15) is 20.0 Å². The van der Waals surface area contributed by atoms with Crippen molar-refractivity contribution in [2.24, 2.45) is 0 Å². The molecule has 18 heavy (non-hydrogen) atoms. The van der Waals surface area contributed by atoms with E-state index >= 15 is 0 Å². The molecular formula is C11H12N2O5. The summed E-state index contributed by atoms with van der Waals surface area (Å²) in [5, 5.41) is 22.8. The number of nitrogens with one attached hydrogen (secondary N) is 1. The van der Waals surface area contributed by atoms with E-state index < -0.39 is 16.3 Å². The van der Waals surface area contributed by atoms with Gasteiger partial charge in [-0.2, -0.15) is 0 Å². The van der Waals surface area contributed by atoms with Crippen LogP contribution in [0.5, 0.6) is 5.75 Å². The van der Waals surface area contributed by atoms with Crippen LogP contribution in [0.25, 0.3) is 0 Å². The minimum absolute atomic E-state index is 0.252. The molecule has 1 saturated heterocycles. The van der Waals surface area contributed by atoms with Gasteiger partial charge in [-0.1, -0.05) is 0 Å². The zero-order valence-electron chi connectivity index (χ0n) is 9.89. The van der Waals surface area contributed by atoms with Crippen LogP contribution in [0.4, 0.5) is 11.4 Å². The largest absolute Gasteiger partial charge is 0.502 e. The van der Waals surface area contributed by atoms with Crippen LogP contribution in [0.1, 0.15) is 12.5 Å². The van der Waals surface area contributed by atoms with Gasteiger partial charge in [0.05, 0.1) is 11.5 Å². The first-order valence-corrected chi connectivity index (χ1v) is 5.27. The smallest absolute Gasteiger partial charge is 0.311 e. The summed E-state index contributed by atoms with van der Waals surface area (Å²) in [5.41, 5.74) is -0.634. The summed E-state index contributed by atoms with van der Waals surface area (Å²) < 4.78 is 4.98. The first-order valence-electron chi connectivity index (χ1n) is 5.27. The molecule has 7 nitrogen and oxygen atoms in total. The molecule has 2 rings (SSSR count). The average molecular weight is 252 g/mol. The molecule has 1 aromatic carbocycles. The molecule has 1 unspecified atom stereocenters. The minimum Gasteiger partial charge on any atom is -0.502 e. The Morgan fingerprint density at radius 3 is 2.72 bits per heavy atom. The molecule has 0 radical (unpaired) electrons. The van der Waals surface area contributed by atoms with E-state index in [0.29, 0.717) is 12.3 Å². The fraction of sp³-hybridized carbons (Fsp3) is 0.364. The number of hydrogen-bond donors (Lipinski definition) is 2. The number of ether oxygens (including phenoxy) is 1. The van der Waals surface area contributed by atoms with Crippen LogP contribution in [0.3, 0.4) is 0 Å². The van der Waals surface area contributed by atoms with Gasteiger partial charge in [0.25, 0.3) is 5.91 Å². The molecule has 1 aromatic rings. The molecule has 0 spiro atoms. The second-order valence-electron chi connectivity index (χ2n) is 4.34. The summed E-state index contributed by atoms with van der Waals surface area (Å²) in [4.78, 5) is 21.7. The highest BCUT2D eigenvalue weighted by Crippen LogP contribution is 2.35. The number of phenols is 1. The Hall–Kier alpha value is -2.15. The van der Waals surface area contributed by atoms with Gasteiger partial charge in [0.1, 0.15) is 0 Å². The topological polar surface area (TPSA) is 105 Å². The standard InChI is InChI=1S/C11H12N2O5/c1-6-7(12-10(15)11(2)5-18-11)3-4-8(9(6)14)13(16)17/h3-4,14H,5H2,1-2H3,(H,12,15). The number of carbonyl (C=O) groups excluding carboxylic acids is 1. The maximum absolute atomic E-state index is 11.7. The number of benzene rings is 1. The summed E-state index contributed by atoms with van der Waals surface area (Å²) in [6, 6.07) is 2.53. The van der Waals surface area contributed by atoms with Crippen molar-refractivity contribution >= 4 is 17.3 Å². The fourth-order valence-corrected chi connectivity index (χ4v) is 1.46. The van der Waals surface area contributed by atoms with E-state index in [4.69, 9.17) is 4.74 Å². The number of amides is 1. The molecule has 1 heterocycles. The van der Waals surface area contributed by atoms with Crippen LogP contribution in [-0.2, 0) is 9.53 Å². The monoisotopic (exact) mass is 252 g/mol. The summed E-state index contributed by atoms with van der Waals surface area (Å²) in [6.07, 6.45) is 0. The predicted octanol–water partition coefficient (Wildman–Crippen LogP) is 1.34. The van der Waals surface area contributed by atoms with Gasteiger partial charge in [-0.25, -0.2) is 0 Å². The van der Waals surface area contributed by atoms with Gasteiger partial charge in [-0.05, 0) is 19.9 Å². The summed E-state index contributed by atoms with van der Waals surface area (Å²) >= 11 is 0. The van der Waals surface area contributed by atoms with Crippen LogP contribution in [0.15, 0.2) is 12.1 Å². The Labute approximate surface area is 103 Å². The molecular weight excluding hydrogens is 240 g/mol. The third-order valence-corrected chi connectivity index (χ3v) is 2.91. The number of nitro benzene ring substituents is 1. The zero-order chi connectivity index (χ0) is 13.5. The number of nitrogens with zero attached hydrogens (tertiary/aromatic N) is 1. The first-order chi connectivity index (χ1) is 8.35. The van der Waals surface area contributed by atoms with E-state index in [2.05, 4.69) is 5.32 Å². The number of nitro groups is 1. The average Bonchev–Trinajstić information content (AvgIpc) is 3.04. The van der Waals surface area contributed by atoms with E-state index in [1.54, 1.807) is 6.92 Å². The second-order valence-corrected chi connectivity index (χ2v) is 4.34. The Morgan fingerprint density at radius 2 is 2.22 bits per heavy atom. The third kappa shape index (κ3) is 2.00. The lowest BCUT2D eigenvalue weighted by atomic mass is 10.1. The lowest BCUT2D eigenvalue weighted by Gasteiger charge is -2.11. The first kappa shape index (κ1) is 12.3. The van der Waals surface area contributed by atoms with Crippen LogP contribution in [0, 0.1) is 17.0 Å². The van der Waals surface area contributed by atoms with Crippen molar-refractivity contribution < 1.29 is 19.6 Å². The zero-order valence-corrected chi connectivity index (χ0v) is 9.89. The molecule has 96 valence electrons. The van der Waals surface area contributed by atoms with Gasteiger partial charge in [0.15, 0.2) is 11.4 Å². The number of rotatable bonds is 3. The molecule has 1 amide bonds. The molecule has 1 aliphatic rings. The summed E-state index contributed by atoms with van der Waals surface area (Å²) in [7, 11) is 0. The van der Waals surface area contributed by atoms with E-state index in [-0.39, 0.29) is 17.2 Å². The summed E-state index contributed by atoms with van der Waals surface area (Å²) in [5.74, 6) is -0.779. The van der Waals surface area contributed by atoms with Gasteiger partial charge < -0.3 is 15.2 Å². The van der Waals surface area contributed by atoms with E-state index in [1.165, 1.54) is 13.0 Å². The van der Waals surface area contributed by atoms with Crippen molar-refractivity contribution in [2.75, 3.05) is 11.9 Å². The van der Waals surface area contributed by atoms with Gasteiger partial charge in [-0.3, -0.25) is 14.9 Å². The Balaban J connectivity index is 2.27. The summed E-state index contributed by atoms with van der Waals surface area (Å²) in [6.45, 7) is 3.48. The van der Waals surface area contributed by atoms with Gasteiger partial charge >= 0.3 is 5.69 Å². The predicted molar refractivity (Wildman–Crippen MR) is 62.5 cm³/mol. The van der Waals surface area contributed by atoms with Gasteiger partial charge in [0.2, 0.25) is 0 Å². The highest BCUT2D eigenvalue weighted by molar-refractivity contribution is 5.99. The maximum atomic E-state index is 11.7. The Morgan fingerprint density at radius 1 is 1.61 bits per heavy atom. The molecule has 0 saturated carbocycles. The molecule has 0 aliphatic carbocycles. The van der Waals surface area contributed by atoms with Crippen molar-refractivity contribution in [1.82, 2.24) is 0 Å². The number of hydrogen-bond acceptors (Lipinski definition) is 5. The van der Waals surface area contributed by atoms with Crippen LogP contribution < -0.4 is 5.32 Å². The number of carbonyl (C=O) groups is 1. The highest BCUT2D eigenvalue weighted by Gasteiger charge is 2.47. The van der Waals surface area contributed by atoms with Crippen LogP contribution in [0.2, 0.25) is 0 Å². The molecule has 0 bridgehead atoms. The molecule has 0 aromatic heterocycles. The SMILES string of the molecule is Cc1c(NC(=O)C2(C)CO2)ccc([N+](=O)[O-])c1O. The number of anilines is 1. The van der Waals surface area contributed by atoms with E-state index in [1.807, 2.05) is 0 Å². The number of aromatic hydroxyl groups is 1. The lowest BCUT2D eigenvalue weighted by Crippen LogP contribution is -2.28. The number of epoxide rings is 1. The van der Waals surface area contributed by atoms with Crippen molar-refractivity contribution in [3.8, 4) is 5.75 Å². The normalized spacial score (nSPS) is 21.4.